The van der Waals surface area contributed by atoms with Crippen molar-refractivity contribution in [1.29, 1.82) is 0 Å². The normalized spacial score (nSPS) is 14.8. The Balaban J connectivity index is 3.84. The third-order valence-electron chi connectivity index (χ3n) is 2.11. The monoisotopic (exact) mass is 236 g/mol. The summed E-state index contributed by atoms with van der Waals surface area (Å²) in [6.45, 7) is 9.43. The van der Waals surface area contributed by atoms with Crippen molar-refractivity contribution in [2.45, 2.75) is 46.1 Å². The highest BCUT2D eigenvalue weighted by Crippen LogP contribution is 2.23. The van der Waals surface area contributed by atoms with Gasteiger partial charge in [-0.05, 0) is 33.1 Å². The van der Waals surface area contributed by atoms with Gasteiger partial charge < -0.3 is 4.74 Å². The quantitative estimate of drug-likeness (QED) is 0.641. The van der Waals surface area contributed by atoms with E-state index in [9.17, 15) is 0 Å². The summed E-state index contributed by atoms with van der Waals surface area (Å²) < 4.78 is 5.64. The van der Waals surface area contributed by atoms with Gasteiger partial charge in [0, 0.05) is 11.9 Å². The molecule has 0 saturated carbocycles. The van der Waals surface area contributed by atoms with E-state index in [1.807, 2.05) is 0 Å². The van der Waals surface area contributed by atoms with Crippen molar-refractivity contribution in [3.63, 3.8) is 0 Å². The first kappa shape index (κ1) is 12.4. The zero-order valence-electron chi connectivity index (χ0n) is 8.69. The number of ether oxygens (including phenoxy) is 1. The van der Waals surface area contributed by atoms with E-state index in [0.717, 1.165) is 24.3 Å². The van der Waals surface area contributed by atoms with E-state index in [2.05, 4.69) is 43.6 Å². The lowest BCUT2D eigenvalue weighted by Crippen LogP contribution is -2.28. The molecule has 0 aliphatic carbocycles. The zero-order valence-corrected chi connectivity index (χ0v) is 10.3. The topological polar surface area (TPSA) is 9.23 Å². The number of alkyl halides is 1. The van der Waals surface area contributed by atoms with Crippen molar-refractivity contribution < 1.29 is 4.74 Å². The molecule has 0 saturated heterocycles. The smallest absolute Gasteiger partial charge is 0.0629 e. The summed E-state index contributed by atoms with van der Waals surface area (Å²) in [6.07, 6.45) is 2.37. The summed E-state index contributed by atoms with van der Waals surface area (Å²) in [4.78, 5) is 0. The van der Waals surface area contributed by atoms with Gasteiger partial charge in [-0.3, -0.25) is 0 Å². The average Bonchev–Trinajstić information content (AvgIpc) is 2.00. The Morgan fingerprint density at radius 3 is 2.25 bits per heavy atom. The molecule has 74 valence electrons. The van der Waals surface area contributed by atoms with E-state index >= 15 is 0 Å². The van der Waals surface area contributed by atoms with Gasteiger partial charge in [0.2, 0.25) is 0 Å². The SMILES string of the molecule is CCOC(C)(C)CC(CC)CBr. The fourth-order valence-corrected chi connectivity index (χ4v) is 2.14. The van der Waals surface area contributed by atoms with Crippen molar-refractivity contribution in [2.24, 2.45) is 5.92 Å². The average molecular weight is 237 g/mol. The summed E-state index contributed by atoms with van der Waals surface area (Å²) in [7, 11) is 0. The Kier molecular flexibility index (Phi) is 6.20. The van der Waals surface area contributed by atoms with Gasteiger partial charge in [-0.2, -0.15) is 0 Å². The van der Waals surface area contributed by atoms with Gasteiger partial charge in [-0.25, -0.2) is 0 Å². The number of hydrogen-bond acceptors (Lipinski definition) is 1. The Bertz CT molecular complexity index is 108. The lowest BCUT2D eigenvalue weighted by atomic mass is 9.93. The minimum Gasteiger partial charge on any atom is -0.376 e. The number of rotatable bonds is 6. The molecule has 0 N–H and O–H groups in total. The standard InChI is InChI=1S/C10H21BrO/c1-5-9(8-11)7-10(3,4)12-6-2/h9H,5-8H2,1-4H3. The molecule has 0 bridgehead atoms. The zero-order chi connectivity index (χ0) is 9.61. The lowest BCUT2D eigenvalue weighted by Gasteiger charge is -2.28. The van der Waals surface area contributed by atoms with Gasteiger partial charge in [0.05, 0.1) is 5.60 Å². The summed E-state index contributed by atoms with van der Waals surface area (Å²) in [5.41, 5.74) is 0.0448. The first-order chi connectivity index (χ1) is 5.55. The first-order valence-corrected chi connectivity index (χ1v) is 5.87. The summed E-state index contributed by atoms with van der Waals surface area (Å²) in [6, 6.07) is 0. The highest BCUT2D eigenvalue weighted by atomic mass is 79.9. The van der Waals surface area contributed by atoms with Crippen molar-refractivity contribution in [1.82, 2.24) is 0 Å². The molecule has 0 aliphatic heterocycles. The molecule has 0 radical (unpaired) electrons. The lowest BCUT2D eigenvalue weighted by molar-refractivity contribution is -0.0256. The summed E-state index contributed by atoms with van der Waals surface area (Å²) in [5, 5.41) is 1.08. The molecule has 0 heterocycles. The molecular weight excluding hydrogens is 216 g/mol. The molecule has 12 heavy (non-hydrogen) atoms. The molecule has 0 aromatic heterocycles. The van der Waals surface area contributed by atoms with Crippen LogP contribution in [0.1, 0.15) is 40.5 Å². The Hall–Kier alpha value is 0.440. The van der Waals surface area contributed by atoms with E-state index in [4.69, 9.17) is 4.74 Å². The van der Waals surface area contributed by atoms with Crippen molar-refractivity contribution in [2.75, 3.05) is 11.9 Å². The van der Waals surface area contributed by atoms with Crippen molar-refractivity contribution >= 4 is 15.9 Å². The van der Waals surface area contributed by atoms with Gasteiger partial charge >= 0.3 is 0 Å². The minimum atomic E-state index is 0.0448. The van der Waals surface area contributed by atoms with E-state index in [-0.39, 0.29) is 5.60 Å². The number of halogens is 1. The van der Waals surface area contributed by atoms with Crippen LogP contribution in [-0.4, -0.2) is 17.5 Å². The first-order valence-electron chi connectivity index (χ1n) is 4.75. The molecule has 0 fully saturated rings. The van der Waals surface area contributed by atoms with E-state index < -0.39 is 0 Å². The number of hydrogen-bond donors (Lipinski definition) is 0. The fraction of sp³-hybridized carbons (Fsp3) is 1.00. The highest BCUT2D eigenvalue weighted by molar-refractivity contribution is 9.09. The molecular formula is C10H21BrO. The Labute approximate surface area is 85.0 Å². The van der Waals surface area contributed by atoms with Gasteiger partial charge in [-0.15, -0.1) is 0 Å². The predicted octanol–water partition coefficient (Wildman–Crippen LogP) is 3.61. The van der Waals surface area contributed by atoms with Crippen LogP contribution in [0.5, 0.6) is 0 Å². The largest absolute Gasteiger partial charge is 0.376 e. The van der Waals surface area contributed by atoms with Crippen LogP contribution in [0.15, 0.2) is 0 Å². The predicted molar refractivity (Wildman–Crippen MR) is 57.9 cm³/mol. The Morgan fingerprint density at radius 1 is 1.33 bits per heavy atom. The third kappa shape index (κ3) is 5.15. The maximum Gasteiger partial charge on any atom is 0.0629 e. The minimum absolute atomic E-state index is 0.0448. The molecule has 0 aromatic rings. The fourth-order valence-electron chi connectivity index (χ4n) is 1.45. The molecule has 0 aliphatic rings. The third-order valence-corrected chi connectivity index (χ3v) is 3.03. The van der Waals surface area contributed by atoms with Crippen LogP contribution in [0.3, 0.4) is 0 Å². The molecule has 0 amide bonds. The molecule has 0 aromatic carbocycles. The Morgan fingerprint density at radius 2 is 1.92 bits per heavy atom. The van der Waals surface area contributed by atoms with Gasteiger partial charge in [0.1, 0.15) is 0 Å². The molecule has 1 atom stereocenters. The van der Waals surface area contributed by atoms with Crippen LogP contribution in [0.25, 0.3) is 0 Å². The van der Waals surface area contributed by atoms with Gasteiger partial charge in [0.15, 0.2) is 0 Å². The van der Waals surface area contributed by atoms with Crippen molar-refractivity contribution in [3.8, 4) is 0 Å². The van der Waals surface area contributed by atoms with Crippen LogP contribution < -0.4 is 0 Å². The van der Waals surface area contributed by atoms with Crippen LogP contribution in [-0.2, 0) is 4.74 Å². The van der Waals surface area contributed by atoms with Gasteiger partial charge in [-0.1, -0.05) is 29.3 Å². The second-order valence-electron chi connectivity index (χ2n) is 3.83. The maximum atomic E-state index is 5.64. The summed E-state index contributed by atoms with van der Waals surface area (Å²) >= 11 is 3.52. The second-order valence-corrected chi connectivity index (χ2v) is 4.47. The van der Waals surface area contributed by atoms with E-state index in [1.165, 1.54) is 6.42 Å². The van der Waals surface area contributed by atoms with Crippen LogP contribution in [0.2, 0.25) is 0 Å². The molecule has 1 unspecified atom stereocenters. The second kappa shape index (κ2) is 5.98. The van der Waals surface area contributed by atoms with Crippen LogP contribution >= 0.6 is 15.9 Å². The van der Waals surface area contributed by atoms with E-state index in [0.29, 0.717) is 0 Å². The van der Waals surface area contributed by atoms with E-state index in [1.54, 1.807) is 0 Å². The molecule has 0 rings (SSSR count). The molecule has 1 nitrogen and oxygen atoms in total. The van der Waals surface area contributed by atoms with Crippen molar-refractivity contribution in [3.05, 3.63) is 0 Å². The maximum absolute atomic E-state index is 5.64. The molecule has 0 spiro atoms. The van der Waals surface area contributed by atoms with Crippen LogP contribution in [0, 0.1) is 5.92 Å². The van der Waals surface area contributed by atoms with Crippen LogP contribution in [0.4, 0.5) is 0 Å². The summed E-state index contributed by atoms with van der Waals surface area (Å²) in [5.74, 6) is 0.742. The van der Waals surface area contributed by atoms with Gasteiger partial charge in [0.25, 0.3) is 0 Å². The highest BCUT2D eigenvalue weighted by Gasteiger charge is 2.21. The molecule has 2 heteroatoms.